The molecular weight excluding hydrogens is 316 g/mol. The number of carbonyl (C=O) groups is 2. The van der Waals surface area contributed by atoms with Crippen molar-refractivity contribution in [3.63, 3.8) is 0 Å². The molecule has 5 heteroatoms. The third-order valence-corrected chi connectivity index (χ3v) is 4.86. The van der Waals surface area contributed by atoms with E-state index in [1.54, 1.807) is 0 Å². The van der Waals surface area contributed by atoms with Gasteiger partial charge in [0.25, 0.3) is 0 Å². The van der Waals surface area contributed by atoms with Crippen molar-refractivity contribution in [3.8, 4) is 0 Å². The number of likely N-dealkylation sites (tertiary alicyclic amines) is 1. The van der Waals surface area contributed by atoms with Crippen LogP contribution < -0.4 is 0 Å². The molecule has 1 aromatic rings. The van der Waals surface area contributed by atoms with Crippen molar-refractivity contribution < 1.29 is 14.3 Å². The van der Waals surface area contributed by atoms with Crippen LogP contribution in [-0.2, 0) is 14.3 Å². The average molecular weight is 346 g/mol. The minimum Gasteiger partial charge on any atom is -0.466 e. The van der Waals surface area contributed by atoms with Gasteiger partial charge in [0, 0.05) is 19.6 Å². The highest BCUT2D eigenvalue weighted by molar-refractivity contribution is 5.83. The summed E-state index contributed by atoms with van der Waals surface area (Å²) in [6.45, 7) is 9.00. The summed E-state index contributed by atoms with van der Waals surface area (Å²) in [5.74, 6) is -0.181. The second kappa shape index (κ2) is 9.56. The number of piperidine rings is 1. The number of hydrogen-bond acceptors (Lipinski definition) is 4. The molecule has 1 amide bonds. The van der Waals surface area contributed by atoms with Crippen LogP contribution in [0.3, 0.4) is 0 Å². The van der Waals surface area contributed by atoms with Gasteiger partial charge in [-0.05, 0) is 45.7 Å². The van der Waals surface area contributed by atoms with Crippen LogP contribution in [0.15, 0.2) is 30.3 Å². The van der Waals surface area contributed by atoms with E-state index in [9.17, 15) is 9.59 Å². The van der Waals surface area contributed by atoms with Gasteiger partial charge in [-0.3, -0.25) is 14.5 Å². The standard InChI is InChI=1S/C20H30N2O3/c1-4-21(5-2)19(23)18(16-11-8-7-9-12-16)22-14-10-13-17(15-22)20(24)25-6-3/h7-9,11-12,17-18H,4-6,10,13-15H2,1-3H3. The second-order valence-corrected chi connectivity index (χ2v) is 6.41. The van der Waals surface area contributed by atoms with Crippen LogP contribution in [0.4, 0.5) is 0 Å². The normalized spacial score (nSPS) is 19.2. The average Bonchev–Trinajstić information content (AvgIpc) is 2.64. The fraction of sp³-hybridized carbons (Fsp3) is 0.600. The predicted molar refractivity (Wildman–Crippen MR) is 98.0 cm³/mol. The van der Waals surface area contributed by atoms with Crippen LogP contribution in [0.2, 0.25) is 0 Å². The number of hydrogen-bond donors (Lipinski definition) is 0. The van der Waals surface area contributed by atoms with Crippen molar-refractivity contribution >= 4 is 11.9 Å². The number of carbonyl (C=O) groups excluding carboxylic acids is 2. The molecule has 25 heavy (non-hydrogen) atoms. The lowest BCUT2D eigenvalue weighted by molar-refractivity contribution is -0.152. The number of nitrogens with zero attached hydrogens (tertiary/aromatic N) is 2. The molecule has 0 aromatic heterocycles. The number of rotatable bonds is 7. The van der Waals surface area contributed by atoms with Crippen molar-refractivity contribution in [1.29, 1.82) is 0 Å². The van der Waals surface area contributed by atoms with E-state index in [4.69, 9.17) is 4.74 Å². The molecule has 0 radical (unpaired) electrons. The number of esters is 1. The van der Waals surface area contributed by atoms with Gasteiger partial charge in [-0.2, -0.15) is 0 Å². The fourth-order valence-corrected chi connectivity index (χ4v) is 3.55. The molecule has 2 atom stereocenters. The summed E-state index contributed by atoms with van der Waals surface area (Å²) >= 11 is 0. The van der Waals surface area contributed by atoms with Gasteiger partial charge in [-0.15, -0.1) is 0 Å². The van der Waals surface area contributed by atoms with Crippen LogP contribution in [0.5, 0.6) is 0 Å². The molecule has 2 unspecified atom stereocenters. The van der Waals surface area contributed by atoms with E-state index < -0.39 is 0 Å². The molecule has 0 spiro atoms. The van der Waals surface area contributed by atoms with E-state index in [0.717, 1.165) is 24.9 Å². The molecule has 1 saturated heterocycles. The molecule has 1 aromatic carbocycles. The van der Waals surface area contributed by atoms with E-state index in [1.165, 1.54) is 0 Å². The zero-order valence-corrected chi connectivity index (χ0v) is 15.6. The van der Waals surface area contributed by atoms with Gasteiger partial charge >= 0.3 is 5.97 Å². The maximum absolute atomic E-state index is 13.2. The van der Waals surface area contributed by atoms with Crippen LogP contribution >= 0.6 is 0 Å². The summed E-state index contributed by atoms with van der Waals surface area (Å²) < 4.78 is 5.20. The Morgan fingerprint density at radius 3 is 2.48 bits per heavy atom. The first-order chi connectivity index (χ1) is 12.1. The highest BCUT2D eigenvalue weighted by Crippen LogP contribution is 2.29. The third-order valence-electron chi connectivity index (χ3n) is 4.86. The first-order valence-corrected chi connectivity index (χ1v) is 9.36. The Morgan fingerprint density at radius 1 is 1.20 bits per heavy atom. The Balaban J connectivity index is 2.25. The molecule has 0 aliphatic carbocycles. The smallest absolute Gasteiger partial charge is 0.310 e. The quantitative estimate of drug-likeness (QED) is 0.713. The summed E-state index contributed by atoms with van der Waals surface area (Å²) in [4.78, 5) is 29.4. The lowest BCUT2D eigenvalue weighted by Gasteiger charge is -2.38. The highest BCUT2D eigenvalue weighted by atomic mass is 16.5. The van der Waals surface area contributed by atoms with E-state index in [2.05, 4.69) is 4.90 Å². The van der Waals surface area contributed by atoms with Crippen LogP contribution in [0, 0.1) is 5.92 Å². The van der Waals surface area contributed by atoms with Gasteiger partial charge < -0.3 is 9.64 Å². The van der Waals surface area contributed by atoms with Crippen molar-refractivity contribution in [3.05, 3.63) is 35.9 Å². The van der Waals surface area contributed by atoms with Crippen molar-refractivity contribution in [2.75, 3.05) is 32.8 Å². The van der Waals surface area contributed by atoms with Crippen molar-refractivity contribution in [2.24, 2.45) is 5.92 Å². The monoisotopic (exact) mass is 346 g/mol. The van der Waals surface area contributed by atoms with E-state index in [1.807, 2.05) is 56.0 Å². The number of ether oxygens (including phenoxy) is 1. The molecule has 0 saturated carbocycles. The molecule has 138 valence electrons. The highest BCUT2D eigenvalue weighted by Gasteiger charge is 2.35. The minimum absolute atomic E-state index is 0.112. The van der Waals surface area contributed by atoms with Gasteiger partial charge in [0.2, 0.25) is 5.91 Å². The summed E-state index contributed by atoms with van der Waals surface area (Å²) in [7, 11) is 0. The lowest BCUT2D eigenvalue weighted by atomic mass is 9.94. The Kier molecular flexibility index (Phi) is 7.44. The van der Waals surface area contributed by atoms with Gasteiger partial charge in [-0.1, -0.05) is 30.3 Å². The third kappa shape index (κ3) is 4.82. The Bertz CT molecular complexity index is 557. The molecule has 0 bridgehead atoms. The zero-order valence-electron chi connectivity index (χ0n) is 15.6. The molecular formula is C20H30N2O3. The number of likely N-dealkylation sites (N-methyl/N-ethyl adjacent to an activating group) is 1. The summed E-state index contributed by atoms with van der Waals surface area (Å²) in [6, 6.07) is 9.55. The van der Waals surface area contributed by atoms with Gasteiger partial charge in [0.05, 0.1) is 12.5 Å². The van der Waals surface area contributed by atoms with Crippen molar-refractivity contribution in [2.45, 2.75) is 39.7 Å². The molecule has 1 aliphatic rings. The first-order valence-electron chi connectivity index (χ1n) is 9.36. The number of amides is 1. The zero-order chi connectivity index (χ0) is 18.2. The van der Waals surface area contributed by atoms with Crippen LogP contribution in [-0.4, -0.2) is 54.5 Å². The molecule has 1 aliphatic heterocycles. The molecule has 1 heterocycles. The predicted octanol–water partition coefficient (Wildman–Crippen LogP) is 2.87. The maximum atomic E-state index is 13.2. The molecule has 1 fully saturated rings. The minimum atomic E-state index is -0.335. The lowest BCUT2D eigenvalue weighted by Crippen LogP contribution is -2.48. The SMILES string of the molecule is CCOC(=O)C1CCCN(C(C(=O)N(CC)CC)c2ccccc2)C1. The topological polar surface area (TPSA) is 49.9 Å². The van der Waals surface area contributed by atoms with Gasteiger partial charge in [-0.25, -0.2) is 0 Å². The Morgan fingerprint density at radius 2 is 1.88 bits per heavy atom. The Labute approximate surface area is 150 Å². The van der Waals surface area contributed by atoms with Gasteiger partial charge in [0.1, 0.15) is 6.04 Å². The number of benzene rings is 1. The van der Waals surface area contributed by atoms with E-state index in [0.29, 0.717) is 26.2 Å². The molecule has 0 N–H and O–H groups in total. The van der Waals surface area contributed by atoms with Crippen LogP contribution in [0.25, 0.3) is 0 Å². The van der Waals surface area contributed by atoms with Crippen molar-refractivity contribution in [1.82, 2.24) is 9.80 Å². The first kappa shape index (κ1) is 19.4. The summed E-state index contributed by atoms with van der Waals surface area (Å²) in [6.07, 6.45) is 1.73. The van der Waals surface area contributed by atoms with Crippen LogP contribution in [0.1, 0.15) is 45.2 Å². The van der Waals surface area contributed by atoms with E-state index >= 15 is 0 Å². The second-order valence-electron chi connectivity index (χ2n) is 6.41. The Hall–Kier alpha value is -1.88. The van der Waals surface area contributed by atoms with E-state index in [-0.39, 0.29) is 23.8 Å². The molecule has 2 rings (SSSR count). The molecule has 5 nitrogen and oxygen atoms in total. The summed E-state index contributed by atoms with van der Waals surface area (Å²) in [5.41, 5.74) is 0.990. The van der Waals surface area contributed by atoms with Gasteiger partial charge in [0.15, 0.2) is 0 Å². The maximum Gasteiger partial charge on any atom is 0.310 e. The largest absolute Gasteiger partial charge is 0.466 e. The summed E-state index contributed by atoms with van der Waals surface area (Å²) in [5, 5.41) is 0. The fourth-order valence-electron chi connectivity index (χ4n) is 3.55.